The summed E-state index contributed by atoms with van der Waals surface area (Å²) in [5.74, 6) is 0. The second kappa shape index (κ2) is 4.47. The van der Waals surface area contributed by atoms with Crippen molar-refractivity contribution in [1.82, 2.24) is 0 Å². The number of anilines is 2. The van der Waals surface area contributed by atoms with Gasteiger partial charge in [-0.05, 0) is 30.5 Å². The second-order valence-corrected chi connectivity index (χ2v) is 4.34. The average Bonchev–Trinajstić information content (AvgIpc) is 2.25. The Morgan fingerprint density at radius 1 is 1.29 bits per heavy atom. The summed E-state index contributed by atoms with van der Waals surface area (Å²) in [5.41, 5.74) is 8.23. The highest BCUT2D eigenvalue weighted by Crippen LogP contribution is 2.30. The van der Waals surface area contributed by atoms with Crippen LogP contribution < -0.4 is 10.6 Å². The summed E-state index contributed by atoms with van der Waals surface area (Å²) in [5, 5.41) is 0. The van der Waals surface area contributed by atoms with E-state index in [1.807, 2.05) is 6.07 Å². The summed E-state index contributed by atoms with van der Waals surface area (Å²) in [4.78, 5) is 1.78. The maximum absolute atomic E-state index is 12.2. The molecule has 2 N–H and O–H groups in total. The molecular formula is C12H15F3N2. The highest BCUT2D eigenvalue weighted by atomic mass is 19.4. The predicted octanol–water partition coefficient (Wildman–Crippen LogP) is 2.97. The van der Waals surface area contributed by atoms with Crippen molar-refractivity contribution in [2.75, 3.05) is 23.7 Å². The standard InChI is InChI=1S/C12H15F3N2/c13-12(14,15)5-7-17-6-1-2-9-3-4-10(16)8-11(9)17/h3-4,8H,1-2,5-7,16H2. The first-order chi connectivity index (χ1) is 7.96. The molecule has 1 aliphatic rings. The molecule has 0 atom stereocenters. The Hall–Kier alpha value is -1.39. The highest BCUT2D eigenvalue weighted by molar-refractivity contribution is 5.62. The number of hydrogen-bond acceptors (Lipinski definition) is 2. The van der Waals surface area contributed by atoms with E-state index >= 15 is 0 Å². The Kier molecular flexibility index (Phi) is 3.17. The van der Waals surface area contributed by atoms with Gasteiger partial charge in [0.2, 0.25) is 0 Å². The normalized spacial score (nSPS) is 15.8. The van der Waals surface area contributed by atoms with Crippen LogP contribution in [0.15, 0.2) is 18.2 Å². The first-order valence-electron chi connectivity index (χ1n) is 5.66. The lowest BCUT2D eigenvalue weighted by molar-refractivity contribution is -0.132. The first-order valence-corrected chi connectivity index (χ1v) is 5.66. The van der Waals surface area contributed by atoms with E-state index in [2.05, 4.69) is 0 Å². The van der Waals surface area contributed by atoms with Gasteiger partial charge in [-0.1, -0.05) is 6.07 Å². The van der Waals surface area contributed by atoms with Crippen LogP contribution >= 0.6 is 0 Å². The smallest absolute Gasteiger partial charge is 0.390 e. The maximum Gasteiger partial charge on any atom is 0.390 e. The number of fused-ring (bicyclic) bond motifs is 1. The Labute approximate surface area is 98.2 Å². The largest absolute Gasteiger partial charge is 0.399 e. The number of nitrogens with two attached hydrogens (primary N) is 1. The van der Waals surface area contributed by atoms with Crippen molar-refractivity contribution in [2.24, 2.45) is 0 Å². The zero-order valence-electron chi connectivity index (χ0n) is 9.43. The van der Waals surface area contributed by atoms with Gasteiger partial charge in [0.25, 0.3) is 0 Å². The van der Waals surface area contributed by atoms with E-state index in [4.69, 9.17) is 5.73 Å². The number of halogens is 3. The second-order valence-electron chi connectivity index (χ2n) is 4.34. The highest BCUT2D eigenvalue weighted by Gasteiger charge is 2.29. The fraction of sp³-hybridized carbons (Fsp3) is 0.500. The van der Waals surface area contributed by atoms with Gasteiger partial charge in [0.1, 0.15) is 0 Å². The Morgan fingerprint density at radius 2 is 2.06 bits per heavy atom. The number of aryl methyl sites for hydroxylation is 1. The van der Waals surface area contributed by atoms with E-state index in [0.717, 1.165) is 24.1 Å². The summed E-state index contributed by atoms with van der Waals surface area (Å²) < 4.78 is 36.6. The van der Waals surface area contributed by atoms with Crippen molar-refractivity contribution in [2.45, 2.75) is 25.4 Å². The zero-order chi connectivity index (χ0) is 12.5. The third-order valence-corrected chi connectivity index (χ3v) is 2.99. The van der Waals surface area contributed by atoms with Gasteiger partial charge < -0.3 is 10.6 Å². The van der Waals surface area contributed by atoms with Crippen LogP contribution in [0.5, 0.6) is 0 Å². The van der Waals surface area contributed by atoms with Crippen LogP contribution in [0.25, 0.3) is 0 Å². The molecule has 94 valence electrons. The van der Waals surface area contributed by atoms with Crippen LogP contribution in [-0.2, 0) is 6.42 Å². The number of nitrogens with zero attached hydrogens (tertiary/aromatic N) is 1. The van der Waals surface area contributed by atoms with Crippen molar-refractivity contribution in [1.29, 1.82) is 0 Å². The molecule has 2 nitrogen and oxygen atoms in total. The molecule has 17 heavy (non-hydrogen) atoms. The van der Waals surface area contributed by atoms with E-state index in [1.54, 1.807) is 17.0 Å². The van der Waals surface area contributed by atoms with E-state index in [0.29, 0.717) is 12.2 Å². The SMILES string of the molecule is Nc1ccc2c(c1)N(CCC(F)(F)F)CCC2. The number of hydrogen-bond donors (Lipinski definition) is 1. The monoisotopic (exact) mass is 244 g/mol. The molecule has 0 saturated heterocycles. The van der Waals surface area contributed by atoms with Gasteiger partial charge in [0, 0.05) is 24.5 Å². The van der Waals surface area contributed by atoms with Crippen LogP contribution in [0.1, 0.15) is 18.4 Å². The van der Waals surface area contributed by atoms with Crippen molar-refractivity contribution >= 4 is 11.4 Å². The topological polar surface area (TPSA) is 29.3 Å². The minimum atomic E-state index is -4.10. The van der Waals surface area contributed by atoms with Gasteiger partial charge in [-0.15, -0.1) is 0 Å². The molecule has 0 bridgehead atoms. The van der Waals surface area contributed by atoms with E-state index in [-0.39, 0.29) is 6.54 Å². The molecule has 1 heterocycles. The minimum absolute atomic E-state index is 0.0138. The van der Waals surface area contributed by atoms with Crippen LogP contribution in [0.3, 0.4) is 0 Å². The number of rotatable bonds is 2. The first kappa shape index (κ1) is 12.1. The number of benzene rings is 1. The fourth-order valence-corrected chi connectivity index (χ4v) is 2.16. The molecule has 0 radical (unpaired) electrons. The maximum atomic E-state index is 12.2. The molecule has 1 aromatic carbocycles. The minimum Gasteiger partial charge on any atom is -0.399 e. The van der Waals surface area contributed by atoms with Gasteiger partial charge in [0.15, 0.2) is 0 Å². The summed E-state index contributed by atoms with van der Waals surface area (Å²) in [7, 11) is 0. The molecule has 1 aromatic rings. The molecule has 0 unspecified atom stereocenters. The van der Waals surface area contributed by atoms with Crippen LogP contribution in [0.2, 0.25) is 0 Å². The van der Waals surface area contributed by atoms with Gasteiger partial charge >= 0.3 is 6.18 Å². The van der Waals surface area contributed by atoms with Gasteiger partial charge in [0.05, 0.1) is 6.42 Å². The van der Waals surface area contributed by atoms with Crippen molar-refractivity contribution in [3.05, 3.63) is 23.8 Å². The molecule has 0 spiro atoms. The van der Waals surface area contributed by atoms with Crippen molar-refractivity contribution in [3.63, 3.8) is 0 Å². The summed E-state index contributed by atoms with van der Waals surface area (Å²) in [6.45, 7) is 0.687. The summed E-state index contributed by atoms with van der Waals surface area (Å²) >= 11 is 0. The van der Waals surface area contributed by atoms with E-state index in [1.165, 1.54) is 0 Å². The molecule has 0 amide bonds. The molecule has 1 aliphatic heterocycles. The molecule has 0 aromatic heterocycles. The molecule has 0 aliphatic carbocycles. The molecule has 2 rings (SSSR count). The van der Waals surface area contributed by atoms with Crippen molar-refractivity contribution < 1.29 is 13.2 Å². The van der Waals surface area contributed by atoms with E-state index in [9.17, 15) is 13.2 Å². The van der Waals surface area contributed by atoms with Crippen LogP contribution in [-0.4, -0.2) is 19.3 Å². The van der Waals surface area contributed by atoms with Crippen LogP contribution in [0.4, 0.5) is 24.5 Å². The lowest BCUT2D eigenvalue weighted by atomic mass is 10.0. The average molecular weight is 244 g/mol. The van der Waals surface area contributed by atoms with Gasteiger partial charge in [-0.2, -0.15) is 13.2 Å². The quantitative estimate of drug-likeness (QED) is 0.810. The lowest BCUT2D eigenvalue weighted by Crippen LogP contribution is -2.32. The Morgan fingerprint density at radius 3 is 2.76 bits per heavy atom. The zero-order valence-corrected chi connectivity index (χ0v) is 9.43. The van der Waals surface area contributed by atoms with Crippen LogP contribution in [0, 0.1) is 0 Å². The fourth-order valence-electron chi connectivity index (χ4n) is 2.16. The molecule has 5 heteroatoms. The number of alkyl halides is 3. The predicted molar refractivity (Wildman–Crippen MR) is 62.1 cm³/mol. The van der Waals surface area contributed by atoms with Gasteiger partial charge in [-0.25, -0.2) is 0 Å². The van der Waals surface area contributed by atoms with Gasteiger partial charge in [-0.3, -0.25) is 0 Å². The van der Waals surface area contributed by atoms with Crippen molar-refractivity contribution in [3.8, 4) is 0 Å². The summed E-state index contributed by atoms with van der Waals surface area (Å²) in [6.07, 6.45) is -3.06. The third kappa shape index (κ3) is 3.05. The molecule has 0 fully saturated rings. The lowest BCUT2D eigenvalue weighted by Gasteiger charge is -2.31. The third-order valence-electron chi connectivity index (χ3n) is 2.99. The molecule has 0 saturated carbocycles. The summed E-state index contributed by atoms with van der Waals surface area (Å²) in [6, 6.07) is 5.47. The number of nitrogen functional groups attached to an aromatic ring is 1. The van der Waals surface area contributed by atoms with E-state index < -0.39 is 12.6 Å². The Balaban J connectivity index is 2.14. The Bertz CT molecular complexity index is 401. The molecular weight excluding hydrogens is 229 g/mol.